The van der Waals surface area contributed by atoms with Gasteiger partial charge in [-0.2, -0.15) is 0 Å². The first-order chi connectivity index (χ1) is 27.6. The minimum absolute atomic E-state index is 0.454. The van der Waals surface area contributed by atoms with Gasteiger partial charge in [0, 0.05) is 38.6 Å². The number of furan rings is 1. The maximum absolute atomic E-state index is 6.61. The normalized spacial score (nSPS) is 12.3. The molecule has 0 amide bonds. The molecule has 2 heterocycles. The summed E-state index contributed by atoms with van der Waals surface area (Å²) in [7, 11) is 0. The fourth-order valence-electron chi connectivity index (χ4n) is 9.22. The lowest BCUT2D eigenvalue weighted by molar-refractivity contribution is 0.669. The number of para-hydroxylation sites is 4. The van der Waals surface area contributed by atoms with Crippen LogP contribution in [0.2, 0.25) is 0 Å². The number of anilines is 3. The average Bonchev–Trinajstić information content (AvgIpc) is 3.79. The van der Waals surface area contributed by atoms with Crippen molar-refractivity contribution in [2.24, 2.45) is 0 Å². The number of rotatable bonds is 5. The zero-order valence-corrected chi connectivity index (χ0v) is 31.1. The lowest BCUT2D eigenvalue weighted by Gasteiger charge is -2.28. The van der Waals surface area contributed by atoms with Gasteiger partial charge >= 0.3 is 0 Å². The van der Waals surface area contributed by atoms with E-state index in [1.807, 2.05) is 6.07 Å². The summed E-state index contributed by atoms with van der Waals surface area (Å²) in [5, 5.41) is 9.76. The van der Waals surface area contributed by atoms with Crippen molar-refractivity contribution in [3.63, 3.8) is 0 Å². The topological polar surface area (TPSA) is 21.3 Å². The molecule has 3 nitrogen and oxygen atoms in total. The van der Waals surface area contributed by atoms with E-state index in [9.17, 15) is 0 Å². The van der Waals surface area contributed by atoms with Gasteiger partial charge in [-0.3, -0.25) is 0 Å². The molecule has 0 saturated heterocycles. The Morgan fingerprint density at radius 3 is 1.68 bits per heavy atom. The molecule has 0 aliphatic heterocycles. The number of nitrogens with zero attached hydrogens (tertiary/aromatic N) is 2. The van der Waals surface area contributed by atoms with Crippen molar-refractivity contribution in [3.8, 4) is 27.9 Å². The smallest absolute Gasteiger partial charge is 0.159 e. The molecule has 0 bridgehead atoms. The Hall–Kier alpha value is -7.10. The molecule has 0 radical (unpaired) electrons. The van der Waals surface area contributed by atoms with Crippen LogP contribution < -0.4 is 4.90 Å². The van der Waals surface area contributed by atoms with Gasteiger partial charge in [-0.1, -0.05) is 105 Å². The summed E-state index contributed by atoms with van der Waals surface area (Å²) in [6.45, 7) is 4.49. The van der Waals surface area contributed by atoms with Crippen LogP contribution in [0.25, 0.3) is 93.2 Å². The number of fused-ring (bicyclic) bond motifs is 12. The Morgan fingerprint density at radius 2 is 1.00 bits per heavy atom. The summed E-state index contributed by atoms with van der Waals surface area (Å²) < 4.78 is 9.01. The second kappa shape index (κ2) is 11.7. The Morgan fingerprint density at radius 1 is 0.446 bits per heavy atom. The summed E-state index contributed by atoms with van der Waals surface area (Å²) >= 11 is 0. The predicted octanol–water partition coefficient (Wildman–Crippen LogP) is 15.2. The van der Waals surface area contributed by atoms with Crippen LogP contribution in [0.15, 0.2) is 180 Å². The highest BCUT2D eigenvalue weighted by Crippen LogP contribution is 2.51. The molecule has 0 saturated carbocycles. The summed E-state index contributed by atoms with van der Waals surface area (Å²) in [6.07, 6.45) is 0. The van der Waals surface area contributed by atoms with Crippen LogP contribution in [0.4, 0.5) is 17.1 Å². The standard InChI is InChI=1S/C53H36N2O/c1-32(2)33-18-22-38(23-19-33)54(51-16-9-13-44-43-12-5-8-17-52(43)56-53(44)51)39-24-20-34-28-45-46-29-35-21-25-40(27-37(35)31-48(46)47(45)30-36(34)26-39)55-49-14-6-3-10-41(49)42-11-4-7-15-50(42)55/h3-32H,1-2H3. The van der Waals surface area contributed by atoms with Gasteiger partial charge in [-0.15, -0.1) is 0 Å². The van der Waals surface area contributed by atoms with Crippen LogP contribution in [0, 0.1) is 0 Å². The van der Waals surface area contributed by atoms with E-state index in [0.717, 1.165) is 39.0 Å². The zero-order valence-electron chi connectivity index (χ0n) is 31.1. The first-order valence-electron chi connectivity index (χ1n) is 19.5. The third kappa shape index (κ3) is 4.52. The lowest BCUT2D eigenvalue weighted by Crippen LogP contribution is -2.10. The maximum atomic E-state index is 6.61. The van der Waals surface area contributed by atoms with E-state index in [4.69, 9.17) is 4.42 Å². The van der Waals surface area contributed by atoms with Gasteiger partial charge in [-0.25, -0.2) is 0 Å². The van der Waals surface area contributed by atoms with Crippen LogP contribution in [0.1, 0.15) is 25.3 Å². The lowest BCUT2D eigenvalue weighted by atomic mass is 9.78. The van der Waals surface area contributed by atoms with Crippen molar-refractivity contribution < 1.29 is 4.42 Å². The Labute approximate surface area is 324 Å². The summed E-state index contributed by atoms with van der Waals surface area (Å²) in [5.74, 6) is 0.454. The first kappa shape index (κ1) is 31.3. The van der Waals surface area contributed by atoms with Gasteiger partial charge in [-0.05, 0) is 140 Å². The highest BCUT2D eigenvalue weighted by Gasteiger charge is 2.25. The molecule has 0 fully saturated rings. The van der Waals surface area contributed by atoms with Gasteiger partial charge in [0.25, 0.3) is 0 Å². The molecule has 9 aromatic carbocycles. The highest BCUT2D eigenvalue weighted by atomic mass is 16.3. The SMILES string of the molecule is CC(C)c1ccc(N(c2ccc3cc4c(cc3c2)-c2cc3cc(-n5c6ccccc6c6ccccc65)ccc3cc2-4)c2cccc3c2oc2ccccc23)cc1. The van der Waals surface area contributed by atoms with Gasteiger partial charge in [0.05, 0.1) is 16.7 Å². The second-order valence-electron chi connectivity index (χ2n) is 15.6. The van der Waals surface area contributed by atoms with Crippen LogP contribution in [0.5, 0.6) is 0 Å². The number of hydrogen-bond acceptors (Lipinski definition) is 2. The number of aromatic nitrogens is 1. The molecule has 1 aliphatic carbocycles. The second-order valence-corrected chi connectivity index (χ2v) is 15.6. The van der Waals surface area contributed by atoms with E-state index in [1.165, 1.54) is 76.9 Å². The molecule has 1 aliphatic rings. The van der Waals surface area contributed by atoms with Gasteiger partial charge in [0.15, 0.2) is 5.58 Å². The highest BCUT2D eigenvalue weighted by molar-refractivity contribution is 6.14. The molecule has 0 N–H and O–H groups in total. The third-order valence-electron chi connectivity index (χ3n) is 12.0. The molecule has 0 unspecified atom stereocenters. The third-order valence-corrected chi connectivity index (χ3v) is 12.0. The van der Waals surface area contributed by atoms with Crippen LogP contribution in [-0.2, 0) is 0 Å². The van der Waals surface area contributed by atoms with E-state index in [1.54, 1.807) is 0 Å². The molecule has 264 valence electrons. The summed E-state index contributed by atoms with van der Waals surface area (Å²) in [4.78, 5) is 2.35. The molecule has 0 spiro atoms. The number of hydrogen-bond donors (Lipinski definition) is 0. The fraction of sp³-hybridized carbons (Fsp3) is 0.0566. The molecule has 12 rings (SSSR count). The van der Waals surface area contributed by atoms with E-state index < -0.39 is 0 Å². The average molecular weight is 717 g/mol. The largest absolute Gasteiger partial charge is 0.454 e. The van der Waals surface area contributed by atoms with Crippen LogP contribution in [0.3, 0.4) is 0 Å². The molecule has 3 heteroatoms. The van der Waals surface area contributed by atoms with E-state index in [0.29, 0.717) is 5.92 Å². The summed E-state index contributed by atoms with van der Waals surface area (Å²) in [6, 6.07) is 64.5. The fourth-order valence-corrected chi connectivity index (χ4v) is 9.22. The van der Waals surface area contributed by atoms with Crippen molar-refractivity contribution in [1.82, 2.24) is 4.57 Å². The van der Waals surface area contributed by atoms with E-state index in [2.05, 4.69) is 193 Å². The Kier molecular flexibility index (Phi) is 6.53. The van der Waals surface area contributed by atoms with Crippen molar-refractivity contribution in [2.75, 3.05) is 4.90 Å². The van der Waals surface area contributed by atoms with Crippen molar-refractivity contribution in [2.45, 2.75) is 19.8 Å². The van der Waals surface area contributed by atoms with Gasteiger partial charge in [0.2, 0.25) is 0 Å². The molecule has 0 atom stereocenters. The monoisotopic (exact) mass is 716 g/mol. The van der Waals surface area contributed by atoms with Crippen molar-refractivity contribution in [3.05, 3.63) is 181 Å². The Balaban J connectivity index is 0.990. The number of benzene rings is 9. The molecular weight excluding hydrogens is 681 g/mol. The predicted molar refractivity (Wildman–Crippen MR) is 236 cm³/mol. The molecule has 56 heavy (non-hydrogen) atoms. The zero-order chi connectivity index (χ0) is 37.1. The van der Waals surface area contributed by atoms with Gasteiger partial charge in [0.1, 0.15) is 5.58 Å². The first-order valence-corrected chi connectivity index (χ1v) is 19.5. The van der Waals surface area contributed by atoms with Crippen LogP contribution >= 0.6 is 0 Å². The van der Waals surface area contributed by atoms with Crippen LogP contribution in [-0.4, -0.2) is 4.57 Å². The van der Waals surface area contributed by atoms with Crippen molar-refractivity contribution >= 4 is 82.4 Å². The quantitative estimate of drug-likeness (QED) is 0.177. The van der Waals surface area contributed by atoms with Crippen molar-refractivity contribution in [1.29, 1.82) is 0 Å². The minimum Gasteiger partial charge on any atom is -0.454 e. The van der Waals surface area contributed by atoms with E-state index in [-0.39, 0.29) is 0 Å². The van der Waals surface area contributed by atoms with E-state index >= 15 is 0 Å². The molecular formula is C53H36N2O. The Bertz CT molecular complexity index is 3350. The molecule has 11 aromatic rings. The maximum Gasteiger partial charge on any atom is 0.159 e. The van der Waals surface area contributed by atoms with Gasteiger partial charge < -0.3 is 13.9 Å². The minimum atomic E-state index is 0.454. The summed E-state index contributed by atoms with van der Waals surface area (Å²) in [5.41, 5.74) is 15.2. The molecule has 2 aromatic heterocycles.